The van der Waals surface area contributed by atoms with Gasteiger partial charge in [-0.25, -0.2) is 0 Å². The van der Waals surface area contributed by atoms with E-state index in [1.165, 1.54) is 4.88 Å². The molecule has 0 aliphatic carbocycles. The predicted octanol–water partition coefficient (Wildman–Crippen LogP) is 4.37. The monoisotopic (exact) mass is 347 g/mol. The summed E-state index contributed by atoms with van der Waals surface area (Å²) in [6, 6.07) is 12.0. The highest BCUT2D eigenvalue weighted by atomic mass is 32.2. The van der Waals surface area contributed by atoms with Crippen LogP contribution in [-0.4, -0.2) is 25.4 Å². The second kappa shape index (κ2) is 7.99. The zero-order valence-corrected chi connectivity index (χ0v) is 14.8. The van der Waals surface area contributed by atoms with Gasteiger partial charge in [0, 0.05) is 28.5 Å². The number of carbonyl (C=O) groups excluding carboxylic acids is 1. The van der Waals surface area contributed by atoms with Crippen LogP contribution in [0.3, 0.4) is 0 Å². The second-order valence-electron chi connectivity index (χ2n) is 5.65. The maximum absolute atomic E-state index is 12.7. The normalized spacial score (nSPS) is 16.9. The number of amides is 1. The zero-order valence-electron chi connectivity index (χ0n) is 13.2. The summed E-state index contributed by atoms with van der Waals surface area (Å²) in [5.74, 6) is 0.445. The Bertz CT molecular complexity index is 636. The summed E-state index contributed by atoms with van der Waals surface area (Å²) >= 11 is 3.36. The van der Waals surface area contributed by atoms with Gasteiger partial charge >= 0.3 is 0 Å². The Morgan fingerprint density at radius 1 is 1.30 bits per heavy atom. The molecule has 1 aliphatic heterocycles. The Morgan fingerprint density at radius 3 is 2.83 bits per heavy atom. The van der Waals surface area contributed by atoms with Crippen LogP contribution in [0.4, 0.5) is 0 Å². The van der Waals surface area contributed by atoms with E-state index in [1.807, 2.05) is 36.6 Å². The van der Waals surface area contributed by atoms with Gasteiger partial charge in [0.25, 0.3) is 5.91 Å². The van der Waals surface area contributed by atoms with Crippen molar-refractivity contribution in [3.8, 4) is 0 Å². The Kier molecular flexibility index (Phi) is 5.75. The van der Waals surface area contributed by atoms with Crippen molar-refractivity contribution in [2.45, 2.75) is 23.8 Å². The van der Waals surface area contributed by atoms with Gasteiger partial charge in [0.1, 0.15) is 0 Å². The molecule has 1 aromatic heterocycles. The van der Waals surface area contributed by atoms with Gasteiger partial charge in [-0.1, -0.05) is 12.1 Å². The molecule has 3 nitrogen and oxygen atoms in total. The standard InChI is InChI=1S/C18H21NO2S2/c1-22-15-5-2-4-14(12-15)18(20)19-17(16-6-3-11-23-16)13-7-9-21-10-8-13/h2-6,11-13,17H,7-10H2,1H3,(H,19,20)/t17-/m1/s1. The van der Waals surface area contributed by atoms with Gasteiger partial charge < -0.3 is 10.1 Å². The summed E-state index contributed by atoms with van der Waals surface area (Å²) in [7, 11) is 0. The first-order chi connectivity index (χ1) is 11.3. The fourth-order valence-electron chi connectivity index (χ4n) is 2.93. The van der Waals surface area contributed by atoms with Gasteiger partial charge in [-0.15, -0.1) is 23.1 Å². The number of hydrogen-bond donors (Lipinski definition) is 1. The van der Waals surface area contributed by atoms with Crippen LogP contribution in [0.25, 0.3) is 0 Å². The van der Waals surface area contributed by atoms with Crippen LogP contribution in [0.1, 0.15) is 34.1 Å². The van der Waals surface area contributed by atoms with Crippen LogP contribution in [0.15, 0.2) is 46.7 Å². The average Bonchev–Trinajstić information content (AvgIpc) is 3.14. The lowest BCUT2D eigenvalue weighted by atomic mass is 9.90. The van der Waals surface area contributed by atoms with Crippen molar-refractivity contribution in [2.75, 3.05) is 19.5 Å². The molecule has 2 aromatic rings. The molecular formula is C18H21NO2S2. The molecule has 23 heavy (non-hydrogen) atoms. The molecule has 0 saturated carbocycles. The van der Waals surface area contributed by atoms with Crippen molar-refractivity contribution in [3.63, 3.8) is 0 Å². The minimum absolute atomic E-state index is 0.00536. The first kappa shape index (κ1) is 16.6. The molecule has 0 bridgehead atoms. The minimum Gasteiger partial charge on any atom is -0.381 e. The third-order valence-corrected chi connectivity index (χ3v) is 5.89. The average molecular weight is 348 g/mol. The molecule has 3 rings (SSSR count). The first-order valence-electron chi connectivity index (χ1n) is 7.84. The fourth-order valence-corrected chi connectivity index (χ4v) is 4.26. The van der Waals surface area contributed by atoms with Crippen molar-refractivity contribution in [1.82, 2.24) is 5.32 Å². The quantitative estimate of drug-likeness (QED) is 0.816. The molecule has 0 unspecified atom stereocenters. The van der Waals surface area contributed by atoms with Crippen LogP contribution in [0, 0.1) is 5.92 Å². The van der Waals surface area contributed by atoms with Gasteiger partial charge in [-0.05, 0) is 54.7 Å². The maximum atomic E-state index is 12.7. The lowest BCUT2D eigenvalue weighted by molar-refractivity contribution is 0.0518. The second-order valence-corrected chi connectivity index (χ2v) is 7.51. The van der Waals surface area contributed by atoms with Gasteiger partial charge in [0.05, 0.1) is 6.04 Å². The molecule has 1 saturated heterocycles. The van der Waals surface area contributed by atoms with Crippen LogP contribution in [0.5, 0.6) is 0 Å². The number of nitrogens with one attached hydrogen (secondary N) is 1. The van der Waals surface area contributed by atoms with E-state index in [0.29, 0.717) is 5.92 Å². The Hall–Kier alpha value is -1.30. The van der Waals surface area contributed by atoms with Gasteiger partial charge in [0.15, 0.2) is 0 Å². The Balaban J connectivity index is 1.78. The molecule has 1 aromatic carbocycles. The number of ether oxygens (including phenoxy) is 1. The van der Waals surface area contributed by atoms with Crippen molar-refractivity contribution in [2.24, 2.45) is 5.92 Å². The van der Waals surface area contributed by atoms with E-state index >= 15 is 0 Å². The van der Waals surface area contributed by atoms with E-state index in [9.17, 15) is 4.79 Å². The third kappa shape index (κ3) is 4.16. The number of thiophene rings is 1. The molecule has 1 atom stereocenters. The van der Waals surface area contributed by atoms with Crippen LogP contribution in [-0.2, 0) is 4.74 Å². The summed E-state index contributed by atoms with van der Waals surface area (Å²) in [5.41, 5.74) is 0.727. The highest BCUT2D eigenvalue weighted by Crippen LogP contribution is 2.33. The molecule has 0 radical (unpaired) electrons. The molecule has 0 spiro atoms. The molecule has 1 aliphatic rings. The van der Waals surface area contributed by atoms with E-state index in [-0.39, 0.29) is 11.9 Å². The Labute approximate surface area is 145 Å². The van der Waals surface area contributed by atoms with Crippen molar-refractivity contribution < 1.29 is 9.53 Å². The third-order valence-electron chi connectivity index (χ3n) is 4.21. The molecule has 1 fully saturated rings. The molecule has 1 amide bonds. The number of benzene rings is 1. The smallest absolute Gasteiger partial charge is 0.251 e. The molecule has 122 valence electrons. The predicted molar refractivity (Wildman–Crippen MR) is 96.3 cm³/mol. The van der Waals surface area contributed by atoms with Crippen molar-refractivity contribution in [1.29, 1.82) is 0 Å². The summed E-state index contributed by atoms with van der Waals surface area (Å²) in [6.07, 6.45) is 4.01. The molecule has 5 heteroatoms. The number of rotatable bonds is 5. The topological polar surface area (TPSA) is 38.3 Å². The SMILES string of the molecule is CSc1cccc(C(=O)N[C@@H](c2cccs2)C2CCOCC2)c1. The maximum Gasteiger partial charge on any atom is 0.251 e. The van der Waals surface area contributed by atoms with E-state index in [0.717, 1.165) is 36.5 Å². The van der Waals surface area contributed by atoms with E-state index in [1.54, 1.807) is 23.1 Å². The zero-order chi connectivity index (χ0) is 16.1. The summed E-state index contributed by atoms with van der Waals surface area (Å²) in [6.45, 7) is 1.56. The molecule has 2 heterocycles. The highest BCUT2D eigenvalue weighted by Gasteiger charge is 2.28. The van der Waals surface area contributed by atoms with Gasteiger partial charge in [-0.3, -0.25) is 4.79 Å². The minimum atomic E-state index is 0.00536. The number of thioether (sulfide) groups is 1. The van der Waals surface area contributed by atoms with Gasteiger partial charge in [-0.2, -0.15) is 0 Å². The molecule has 1 N–H and O–H groups in total. The Morgan fingerprint density at radius 2 is 2.13 bits per heavy atom. The summed E-state index contributed by atoms with van der Waals surface area (Å²) in [4.78, 5) is 15.0. The lowest BCUT2D eigenvalue weighted by Crippen LogP contribution is -2.35. The fraction of sp³-hybridized carbons (Fsp3) is 0.389. The van der Waals surface area contributed by atoms with Crippen molar-refractivity contribution in [3.05, 3.63) is 52.2 Å². The lowest BCUT2D eigenvalue weighted by Gasteiger charge is -2.30. The number of carbonyl (C=O) groups is 1. The highest BCUT2D eigenvalue weighted by molar-refractivity contribution is 7.98. The van der Waals surface area contributed by atoms with E-state index in [4.69, 9.17) is 4.74 Å². The van der Waals surface area contributed by atoms with Crippen molar-refractivity contribution >= 4 is 29.0 Å². The summed E-state index contributed by atoms with van der Waals surface area (Å²) in [5, 5.41) is 5.33. The van der Waals surface area contributed by atoms with Gasteiger partial charge in [0.2, 0.25) is 0 Å². The van der Waals surface area contributed by atoms with Crippen LogP contribution in [0.2, 0.25) is 0 Å². The van der Waals surface area contributed by atoms with E-state index < -0.39 is 0 Å². The largest absolute Gasteiger partial charge is 0.381 e. The summed E-state index contributed by atoms with van der Waals surface area (Å²) < 4.78 is 5.48. The number of hydrogen-bond acceptors (Lipinski definition) is 4. The first-order valence-corrected chi connectivity index (χ1v) is 9.94. The van der Waals surface area contributed by atoms with Crippen LogP contribution >= 0.6 is 23.1 Å². The van der Waals surface area contributed by atoms with Crippen LogP contribution < -0.4 is 5.32 Å². The molecular weight excluding hydrogens is 326 g/mol. The van der Waals surface area contributed by atoms with E-state index in [2.05, 4.69) is 16.8 Å².